The van der Waals surface area contributed by atoms with E-state index in [9.17, 15) is 0 Å². The van der Waals surface area contributed by atoms with Crippen LogP contribution in [0.5, 0.6) is 11.5 Å². The Hall–Kier alpha value is -0.661. The fourth-order valence-electron chi connectivity index (χ4n) is 1.73. The van der Waals surface area contributed by atoms with Crippen LogP contribution in [-0.4, -0.2) is 11.0 Å². The molecule has 0 saturated carbocycles. The SMILES string of the molecule is Cl[Se]1(Cl)c2ccccc2Oc2ccccc21. The number of benzene rings is 2. The van der Waals surface area contributed by atoms with Gasteiger partial charge in [0.05, 0.1) is 0 Å². The number of para-hydroxylation sites is 2. The van der Waals surface area contributed by atoms with Crippen LogP contribution >= 0.6 is 20.2 Å². The molecule has 1 aliphatic heterocycles. The van der Waals surface area contributed by atoms with Gasteiger partial charge in [0, 0.05) is 0 Å². The van der Waals surface area contributed by atoms with Crippen LogP contribution in [-0.2, 0) is 0 Å². The summed E-state index contributed by atoms with van der Waals surface area (Å²) in [7, 11) is 13.1. The Morgan fingerprint density at radius 3 is 1.69 bits per heavy atom. The van der Waals surface area contributed by atoms with Crippen molar-refractivity contribution in [1.29, 1.82) is 0 Å². The van der Waals surface area contributed by atoms with Gasteiger partial charge >= 0.3 is 105 Å². The minimum absolute atomic E-state index is 0.784. The number of hydrogen-bond donors (Lipinski definition) is 0. The zero-order valence-corrected chi connectivity index (χ0v) is 11.4. The normalized spacial score (nSPS) is 17.9. The van der Waals surface area contributed by atoms with Gasteiger partial charge in [0.2, 0.25) is 0 Å². The molecule has 0 saturated heterocycles. The monoisotopic (exact) mass is 318 g/mol. The van der Waals surface area contributed by atoms with Crippen molar-refractivity contribution in [3.05, 3.63) is 48.5 Å². The molecule has 82 valence electrons. The average Bonchev–Trinajstić information content (AvgIpc) is 2.29. The zero-order chi connectivity index (χ0) is 11.2. The van der Waals surface area contributed by atoms with Gasteiger partial charge in [0.25, 0.3) is 0 Å². The minimum atomic E-state index is -2.81. The molecular weight excluding hydrogens is 310 g/mol. The summed E-state index contributed by atoms with van der Waals surface area (Å²) in [4.78, 5) is 0. The van der Waals surface area contributed by atoms with E-state index in [-0.39, 0.29) is 0 Å². The molecule has 0 N–H and O–H groups in total. The van der Waals surface area contributed by atoms with Crippen molar-refractivity contribution in [3.63, 3.8) is 0 Å². The summed E-state index contributed by atoms with van der Waals surface area (Å²) in [6.07, 6.45) is 0. The van der Waals surface area contributed by atoms with E-state index in [1.165, 1.54) is 0 Å². The molecular formula is C12H8Cl2OSe. The molecule has 3 rings (SSSR count). The Bertz CT molecular complexity index is 507. The quantitative estimate of drug-likeness (QED) is 0.679. The summed E-state index contributed by atoms with van der Waals surface area (Å²) in [6, 6.07) is 15.4. The van der Waals surface area contributed by atoms with Gasteiger partial charge in [-0.05, 0) is 0 Å². The van der Waals surface area contributed by atoms with Crippen LogP contribution in [0.1, 0.15) is 0 Å². The molecule has 1 heterocycles. The second kappa shape index (κ2) is 3.68. The van der Waals surface area contributed by atoms with Gasteiger partial charge in [0.1, 0.15) is 0 Å². The maximum atomic E-state index is 6.57. The fraction of sp³-hybridized carbons (Fsp3) is 0. The first-order chi connectivity index (χ1) is 7.69. The van der Waals surface area contributed by atoms with Gasteiger partial charge in [-0.15, -0.1) is 0 Å². The second-order valence-electron chi connectivity index (χ2n) is 3.46. The third-order valence-corrected chi connectivity index (χ3v) is 9.66. The Balaban J connectivity index is 2.28. The van der Waals surface area contributed by atoms with Crippen molar-refractivity contribution < 1.29 is 4.74 Å². The van der Waals surface area contributed by atoms with Crippen LogP contribution in [0.15, 0.2) is 48.5 Å². The number of ether oxygens (including phenoxy) is 1. The predicted molar refractivity (Wildman–Crippen MR) is 69.7 cm³/mol. The molecule has 1 nitrogen and oxygen atoms in total. The van der Waals surface area contributed by atoms with E-state index in [2.05, 4.69) is 0 Å². The Kier molecular flexibility index (Phi) is 2.41. The Morgan fingerprint density at radius 1 is 0.750 bits per heavy atom. The molecule has 0 atom stereocenters. The Labute approximate surface area is 105 Å². The van der Waals surface area contributed by atoms with Crippen LogP contribution in [0.25, 0.3) is 0 Å². The molecule has 2 aromatic carbocycles. The summed E-state index contributed by atoms with van der Waals surface area (Å²) in [5.74, 6) is 1.57. The number of hydrogen-bond acceptors (Lipinski definition) is 1. The molecule has 0 bridgehead atoms. The van der Waals surface area contributed by atoms with Gasteiger partial charge in [-0.1, -0.05) is 0 Å². The van der Waals surface area contributed by atoms with Gasteiger partial charge in [-0.3, -0.25) is 0 Å². The number of fused-ring (bicyclic) bond motifs is 2. The van der Waals surface area contributed by atoms with E-state index in [0.717, 1.165) is 20.4 Å². The fourth-order valence-corrected chi connectivity index (χ4v) is 7.44. The van der Waals surface area contributed by atoms with Crippen molar-refractivity contribution in [2.75, 3.05) is 0 Å². The summed E-state index contributed by atoms with van der Waals surface area (Å²) < 4.78 is 7.67. The van der Waals surface area contributed by atoms with E-state index < -0.39 is 11.0 Å². The van der Waals surface area contributed by atoms with Crippen LogP contribution in [0.3, 0.4) is 0 Å². The van der Waals surface area contributed by atoms with Crippen LogP contribution in [0.4, 0.5) is 0 Å². The molecule has 16 heavy (non-hydrogen) atoms. The van der Waals surface area contributed by atoms with E-state index >= 15 is 0 Å². The molecule has 4 heteroatoms. The van der Waals surface area contributed by atoms with Crippen molar-refractivity contribution in [2.24, 2.45) is 0 Å². The topological polar surface area (TPSA) is 9.23 Å². The van der Waals surface area contributed by atoms with Gasteiger partial charge in [-0.2, -0.15) is 0 Å². The van der Waals surface area contributed by atoms with Gasteiger partial charge in [-0.25, -0.2) is 0 Å². The van der Waals surface area contributed by atoms with Crippen molar-refractivity contribution in [3.8, 4) is 11.5 Å². The third-order valence-electron chi connectivity index (χ3n) is 2.47. The first-order valence-corrected chi connectivity index (χ1v) is 11.0. The van der Waals surface area contributed by atoms with Gasteiger partial charge < -0.3 is 0 Å². The molecule has 0 fully saturated rings. The predicted octanol–water partition coefficient (Wildman–Crippen LogP) is 2.83. The van der Waals surface area contributed by atoms with E-state index in [1.807, 2.05) is 48.5 Å². The molecule has 0 amide bonds. The molecule has 0 unspecified atom stereocenters. The van der Waals surface area contributed by atoms with Crippen molar-refractivity contribution >= 4 is 40.1 Å². The summed E-state index contributed by atoms with van der Waals surface area (Å²) in [5, 5.41) is 0. The first-order valence-electron chi connectivity index (χ1n) is 4.78. The van der Waals surface area contributed by atoms with E-state index in [4.69, 9.17) is 24.9 Å². The van der Waals surface area contributed by atoms with E-state index in [0.29, 0.717) is 0 Å². The molecule has 0 aromatic heterocycles. The summed E-state index contributed by atoms with van der Waals surface area (Å²) in [5.41, 5.74) is 0. The van der Waals surface area contributed by atoms with Crippen LogP contribution in [0.2, 0.25) is 0 Å². The zero-order valence-electron chi connectivity index (χ0n) is 8.19. The van der Waals surface area contributed by atoms with Crippen LogP contribution in [0, 0.1) is 0 Å². The van der Waals surface area contributed by atoms with Crippen molar-refractivity contribution in [2.45, 2.75) is 0 Å². The summed E-state index contributed by atoms with van der Waals surface area (Å²) >= 11 is -2.81. The number of rotatable bonds is 0. The molecule has 0 radical (unpaired) electrons. The maximum absolute atomic E-state index is 6.57. The summed E-state index contributed by atoms with van der Waals surface area (Å²) in [6.45, 7) is 0. The molecule has 1 aliphatic rings. The van der Waals surface area contributed by atoms with E-state index in [1.54, 1.807) is 0 Å². The standard InChI is InChI=1S/C12H8Cl2OSe/c13-16(14)11-7-3-1-5-9(11)15-10-6-2-4-8-12(10)16/h1-8H. The number of halogens is 2. The average molecular weight is 318 g/mol. The van der Waals surface area contributed by atoms with Crippen molar-refractivity contribution in [1.82, 2.24) is 0 Å². The van der Waals surface area contributed by atoms with Crippen LogP contribution < -0.4 is 13.7 Å². The van der Waals surface area contributed by atoms with Gasteiger partial charge in [0.15, 0.2) is 0 Å². The first kappa shape index (κ1) is 10.5. The third kappa shape index (κ3) is 1.46. The molecule has 2 aromatic rings. The molecule has 0 aliphatic carbocycles. The Morgan fingerprint density at radius 2 is 1.19 bits per heavy atom. The second-order valence-corrected chi connectivity index (χ2v) is 12.9. The molecule has 0 spiro atoms.